The zero-order valence-electron chi connectivity index (χ0n) is 20.9. The van der Waals surface area contributed by atoms with Crippen molar-refractivity contribution in [1.82, 2.24) is 5.16 Å². The lowest BCUT2D eigenvalue weighted by atomic mass is 9.97. The molecule has 3 aromatic carbocycles. The summed E-state index contributed by atoms with van der Waals surface area (Å²) < 4.78 is 17.4. The van der Waals surface area contributed by atoms with E-state index in [9.17, 15) is 9.59 Å². The lowest BCUT2D eigenvalue weighted by molar-refractivity contribution is 0.0969. The van der Waals surface area contributed by atoms with E-state index in [1.165, 1.54) is 4.90 Å². The maximum Gasteiger partial charge on any atom is 0.296 e. The number of anilines is 1. The molecule has 1 aliphatic rings. The number of ether oxygens (including phenoxy) is 1. The van der Waals surface area contributed by atoms with Crippen LogP contribution in [0, 0.1) is 20.8 Å². The van der Waals surface area contributed by atoms with Crippen LogP contribution in [0.5, 0.6) is 5.75 Å². The molecule has 190 valence electrons. The second-order valence-corrected chi connectivity index (χ2v) is 9.90. The zero-order chi connectivity index (χ0) is 26.6. The molecule has 0 bridgehead atoms. The topological polar surface area (TPSA) is 85.8 Å². The van der Waals surface area contributed by atoms with Crippen molar-refractivity contribution in [2.45, 2.75) is 33.4 Å². The minimum atomic E-state index is -0.775. The molecule has 1 unspecified atom stereocenters. The van der Waals surface area contributed by atoms with Crippen molar-refractivity contribution in [3.8, 4) is 5.75 Å². The summed E-state index contributed by atoms with van der Waals surface area (Å²) in [6.45, 7) is 5.95. The van der Waals surface area contributed by atoms with Gasteiger partial charge in [-0.3, -0.25) is 14.5 Å². The molecule has 0 fully saturated rings. The smallest absolute Gasteiger partial charge is 0.296 e. The molecule has 5 aromatic rings. The van der Waals surface area contributed by atoms with Gasteiger partial charge in [-0.2, -0.15) is 0 Å². The molecular formula is C30H23ClN2O5. The van der Waals surface area contributed by atoms with Crippen LogP contribution in [-0.2, 0) is 6.61 Å². The summed E-state index contributed by atoms with van der Waals surface area (Å²) >= 11 is 5.99. The highest BCUT2D eigenvalue weighted by molar-refractivity contribution is 6.30. The van der Waals surface area contributed by atoms with Gasteiger partial charge in [0.05, 0.1) is 17.0 Å². The van der Waals surface area contributed by atoms with E-state index in [4.69, 9.17) is 25.3 Å². The number of hydrogen-bond donors (Lipinski definition) is 0. The quantitative estimate of drug-likeness (QED) is 0.253. The van der Waals surface area contributed by atoms with Gasteiger partial charge in [0, 0.05) is 11.1 Å². The van der Waals surface area contributed by atoms with Crippen LogP contribution in [-0.4, -0.2) is 11.1 Å². The number of hydrogen-bond acceptors (Lipinski definition) is 6. The number of nitrogens with zero attached hydrogens (tertiary/aromatic N) is 2. The number of benzene rings is 3. The van der Waals surface area contributed by atoms with Gasteiger partial charge in [0.25, 0.3) is 5.91 Å². The summed E-state index contributed by atoms with van der Waals surface area (Å²) in [4.78, 5) is 29.1. The van der Waals surface area contributed by atoms with Crippen molar-refractivity contribution in [1.29, 1.82) is 0 Å². The largest absolute Gasteiger partial charge is 0.489 e. The molecule has 0 saturated carbocycles. The molecule has 0 saturated heterocycles. The average molecular weight is 527 g/mol. The van der Waals surface area contributed by atoms with E-state index in [1.54, 1.807) is 19.1 Å². The van der Waals surface area contributed by atoms with Crippen LogP contribution < -0.4 is 15.1 Å². The molecule has 8 heteroatoms. The molecule has 1 aliphatic heterocycles. The van der Waals surface area contributed by atoms with Gasteiger partial charge in [-0.05, 0) is 79.4 Å². The van der Waals surface area contributed by atoms with Crippen molar-refractivity contribution >= 4 is 34.3 Å². The van der Waals surface area contributed by atoms with Gasteiger partial charge in [-0.25, -0.2) is 0 Å². The Morgan fingerprint density at radius 1 is 0.974 bits per heavy atom. The first-order valence-corrected chi connectivity index (χ1v) is 12.5. The van der Waals surface area contributed by atoms with Crippen LogP contribution in [0.4, 0.5) is 5.82 Å². The Kier molecular flexibility index (Phi) is 5.80. The Morgan fingerprint density at radius 3 is 2.47 bits per heavy atom. The highest BCUT2D eigenvalue weighted by atomic mass is 35.5. The number of halogens is 1. The Bertz CT molecular complexity index is 1770. The first kappa shape index (κ1) is 24.0. The number of carbonyl (C=O) groups is 1. The summed E-state index contributed by atoms with van der Waals surface area (Å²) in [6, 6.07) is 19.2. The Labute approximate surface area is 223 Å². The van der Waals surface area contributed by atoms with Gasteiger partial charge in [-0.15, -0.1) is 0 Å². The van der Waals surface area contributed by atoms with Crippen LogP contribution in [0.3, 0.4) is 0 Å². The third-order valence-electron chi connectivity index (χ3n) is 6.84. The molecular weight excluding hydrogens is 504 g/mol. The minimum Gasteiger partial charge on any atom is -0.489 e. The van der Waals surface area contributed by atoms with Gasteiger partial charge < -0.3 is 13.7 Å². The number of aryl methyl sites for hydroxylation is 3. The normalized spacial score (nSPS) is 14.8. The van der Waals surface area contributed by atoms with Crippen LogP contribution in [0.1, 0.15) is 50.2 Å². The predicted octanol–water partition coefficient (Wildman–Crippen LogP) is 6.69. The van der Waals surface area contributed by atoms with E-state index in [0.717, 1.165) is 16.7 Å². The molecule has 3 heterocycles. The van der Waals surface area contributed by atoms with Gasteiger partial charge >= 0.3 is 0 Å². The fraction of sp³-hybridized carbons (Fsp3) is 0.167. The standard InChI is InChI=1S/C30H23ClN2O5/c1-16-11-23-24(12-17(16)2)37-29-26(28(23)34)27(33(30(29)35)25-13-18(3)38-32-25)20-5-4-6-22(14-20)36-15-19-7-9-21(31)10-8-19/h4-14,27H,15H2,1-3H3. The molecule has 7 nitrogen and oxygen atoms in total. The molecule has 0 aliphatic carbocycles. The molecule has 6 rings (SSSR count). The van der Waals surface area contributed by atoms with E-state index in [0.29, 0.717) is 45.5 Å². The summed E-state index contributed by atoms with van der Waals surface area (Å²) in [5, 5.41) is 5.17. The first-order chi connectivity index (χ1) is 18.3. The Balaban J connectivity index is 1.48. The van der Waals surface area contributed by atoms with E-state index < -0.39 is 11.9 Å². The van der Waals surface area contributed by atoms with Crippen molar-refractivity contribution in [3.05, 3.63) is 121 Å². The third kappa shape index (κ3) is 4.05. The zero-order valence-corrected chi connectivity index (χ0v) is 21.7. The van der Waals surface area contributed by atoms with Gasteiger partial charge in [0.15, 0.2) is 11.2 Å². The minimum absolute atomic E-state index is 0.00360. The first-order valence-electron chi connectivity index (χ1n) is 12.1. The lowest BCUT2D eigenvalue weighted by Gasteiger charge is -2.23. The number of rotatable bonds is 5. The Hall–Kier alpha value is -4.36. The van der Waals surface area contributed by atoms with E-state index in [1.807, 2.05) is 68.4 Å². The number of carbonyl (C=O) groups excluding carboxylic acids is 1. The number of fused-ring (bicyclic) bond motifs is 2. The second kappa shape index (κ2) is 9.19. The highest BCUT2D eigenvalue weighted by Crippen LogP contribution is 2.41. The summed E-state index contributed by atoms with van der Waals surface area (Å²) in [5.74, 6) is 0.976. The van der Waals surface area contributed by atoms with Crippen molar-refractivity contribution in [3.63, 3.8) is 0 Å². The van der Waals surface area contributed by atoms with Crippen LogP contribution in [0.2, 0.25) is 5.02 Å². The average Bonchev–Trinajstić information content (AvgIpc) is 3.46. The fourth-order valence-electron chi connectivity index (χ4n) is 4.77. The van der Waals surface area contributed by atoms with Crippen molar-refractivity contribution in [2.75, 3.05) is 4.90 Å². The van der Waals surface area contributed by atoms with Crippen molar-refractivity contribution < 1.29 is 18.5 Å². The number of amides is 1. The summed E-state index contributed by atoms with van der Waals surface area (Å²) in [7, 11) is 0. The summed E-state index contributed by atoms with van der Waals surface area (Å²) in [5.41, 5.74) is 3.96. The van der Waals surface area contributed by atoms with E-state index in [2.05, 4.69) is 5.16 Å². The lowest BCUT2D eigenvalue weighted by Crippen LogP contribution is -2.29. The van der Waals surface area contributed by atoms with Crippen LogP contribution in [0.25, 0.3) is 11.0 Å². The molecule has 1 atom stereocenters. The monoisotopic (exact) mass is 526 g/mol. The van der Waals surface area contributed by atoms with Crippen molar-refractivity contribution in [2.24, 2.45) is 0 Å². The molecule has 0 N–H and O–H groups in total. The third-order valence-corrected chi connectivity index (χ3v) is 7.09. The maximum absolute atomic E-state index is 13.9. The number of aromatic nitrogens is 1. The Morgan fingerprint density at radius 2 is 1.74 bits per heavy atom. The summed E-state index contributed by atoms with van der Waals surface area (Å²) in [6.07, 6.45) is 0. The molecule has 1 amide bonds. The molecule has 2 aromatic heterocycles. The molecule has 0 radical (unpaired) electrons. The maximum atomic E-state index is 13.9. The van der Waals surface area contributed by atoms with Gasteiger partial charge in [0.2, 0.25) is 5.76 Å². The van der Waals surface area contributed by atoms with E-state index in [-0.39, 0.29) is 16.8 Å². The fourth-order valence-corrected chi connectivity index (χ4v) is 4.89. The molecule has 0 spiro atoms. The highest BCUT2D eigenvalue weighted by Gasteiger charge is 2.45. The predicted molar refractivity (Wildman–Crippen MR) is 144 cm³/mol. The molecule has 38 heavy (non-hydrogen) atoms. The van der Waals surface area contributed by atoms with Gasteiger partial charge in [-0.1, -0.05) is 41.0 Å². The van der Waals surface area contributed by atoms with Gasteiger partial charge in [0.1, 0.15) is 23.7 Å². The van der Waals surface area contributed by atoms with E-state index >= 15 is 0 Å². The van der Waals surface area contributed by atoms with Crippen LogP contribution >= 0.6 is 11.6 Å². The van der Waals surface area contributed by atoms with Crippen LogP contribution in [0.15, 0.2) is 80.5 Å². The SMILES string of the molecule is Cc1cc(N2C(=O)c3oc4cc(C)c(C)cc4c(=O)c3C2c2cccc(OCc3ccc(Cl)cc3)c2)no1. The second-order valence-electron chi connectivity index (χ2n) is 9.47.